The molecule has 0 bridgehead atoms. The number of carbonyl (C=O) groups is 1. The van der Waals surface area contributed by atoms with Gasteiger partial charge in [0.25, 0.3) is 5.91 Å². The van der Waals surface area contributed by atoms with Gasteiger partial charge in [0, 0.05) is 12.4 Å². The zero-order valence-electron chi connectivity index (χ0n) is 7.51. The van der Waals surface area contributed by atoms with Crippen molar-refractivity contribution in [3.63, 3.8) is 0 Å². The molecule has 0 spiro atoms. The van der Waals surface area contributed by atoms with Crippen molar-refractivity contribution >= 4 is 35.1 Å². The Hall–Kier alpha value is -1.41. The Morgan fingerprint density at radius 2 is 2.33 bits per heavy atom. The van der Waals surface area contributed by atoms with Gasteiger partial charge in [-0.15, -0.1) is 12.6 Å². The largest absolute Gasteiger partial charge is 0.466 e. The first-order valence-electron chi connectivity index (χ1n) is 3.85. The molecular weight excluding hydrogens is 236 g/mol. The highest BCUT2D eigenvalue weighted by molar-refractivity contribution is 8.11. The van der Waals surface area contributed by atoms with E-state index in [0.717, 1.165) is 0 Å². The summed E-state index contributed by atoms with van der Waals surface area (Å²) in [5.74, 6) is -0.113. The Labute approximate surface area is 96.8 Å². The Bertz CT molecular complexity index is 346. The number of amides is 1. The second kappa shape index (κ2) is 6.14. The summed E-state index contributed by atoms with van der Waals surface area (Å²) in [6.07, 6.45) is 4.38. The fourth-order valence-corrected chi connectivity index (χ4v) is 0.766. The van der Waals surface area contributed by atoms with Crippen LogP contribution >= 0.6 is 24.8 Å². The topological polar surface area (TPSA) is 76.1 Å². The normalized spacial score (nSPS) is 9.13. The monoisotopic (exact) mass is 244 g/mol. The number of carbonyl (C=O) groups excluding carboxylic acids is 1. The van der Waals surface area contributed by atoms with Gasteiger partial charge in [0.1, 0.15) is 4.32 Å². The van der Waals surface area contributed by atoms with Gasteiger partial charge in [-0.1, -0.05) is 12.2 Å². The standard InChI is InChI=1S/C7H8N4O2S2/c12-5(10-11-7(14)15)4-13-6-3-8-1-2-9-6/h1-3H,4H2,(H,10,12)(H2,11,14,15). The molecule has 2 N–H and O–H groups in total. The van der Waals surface area contributed by atoms with Crippen LogP contribution in [0.5, 0.6) is 5.88 Å². The fourth-order valence-electron chi connectivity index (χ4n) is 0.659. The highest BCUT2D eigenvalue weighted by Crippen LogP contribution is 1.99. The van der Waals surface area contributed by atoms with Crippen molar-refractivity contribution in [3.05, 3.63) is 18.6 Å². The number of hydrogen-bond acceptors (Lipinski definition) is 5. The maximum atomic E-state index is 11.1. The first-order chi connectivity index (χ1) is 7.18. The van der Waals surface area contributed by atoms with Crippen LogP contribution < -0.4 is 15.6 Å². The van der Waals surface area contributed by atoms with Gasteiger partial charge in [0.05, 0.1) is 6.20 Å². The Morgan fingerprint density at radius 3 is 2.93 bits per heavy atom. The van der Waals surface area contributed by atoms with Crippen molar-refractivity contribution in [3.8, 4) is 5.88 Å². The minimum Gasteiger partial charge on any atom is -0.466 e. The lowest BCUT2D eigenvalue weighted by atomic mass is 10.6. The van der Waals surface area contributed by atoms with E-state index in [1.807, 2.05) is 0 Å². The molecule has 1 rings (SSSR count). The van der Waals surface area contributed by atoms with Crippen LogP contribution in [0.2, 0.25) is 0 Å². The van der Waals surface area contributed by atoms with Crippen LogP contribution in [0, 0.1) is 0 Å². The van der Waals surface area contributed by atoms with Crippen LogP contribution in [-0.2, 0) is 4.79 Å². The molecule has 1 amide bonds. The van der Waals surface area contributed by atoms with Crippen LogP contribution in [0.1, 0.15) is 0 Å². The number of ether oxygens (including phenoxy) is 1. The van der Waals surface area contributed by atoms with Crippen molar-refractivity contribution in [2.24, 2.45) is 0 Å². The molecule has 0 saturated carbocycles. The summed E-state index contributed by atoms with van der Waals surface area (Å²) >= 11 is 8.32. The minimum absolute atomic E-state index is 0.169. The van der Waals surface area contributed by atoms with Gasteiger partial charge in [-0.3, -0.25) is 20.6 Å². The molecule has 15 heavy (non-hydrogen) atoms. The van der Waals surface area contributed by atoms with Gasteiger partial charge >= 0.3 is 0 Å². The number of nitrogens with zero attached hydrogens (tertiary/aromatic N) is 2. The Morgan fingerprint density at radius 1 is 1.53 bits per heavy atom. The predicted octanol–water partition coefficient (Wildman–Crippen LogP) is -0.309. The first-order valence-corrected chi connectivity index (χ1v) is 4.70. The number of thiocarbonyl (C=S) groups is 1. The molecule has 0 aliphatic rings. The molecule has 0 aliphatic carbocycles. The van der Waals surface area contributed by atoms with E-state index >= 15 is 0 Å². The molecule has 80 valence electrons. The minimum atomic E-state index is -0.392. The van der Waals surface area contributed by atoms with Crippen molar-refractivity contribution in [1.82, 2.24) is 20.8 Å². The van der Waals surface area contributed by atoms with Gasteiger partial charge in [0.15, 0.2) is 6.61 Å². The number of nitrogens with one attached hydrogen (secondary N) is 2. The number of rotatable bonds is 3. The molecule has 8 heteroatoms. The fraction of sp³-hybridized carbons (Fsp3) is 0.143. The Kier molecular flexibility index (Phi) is 4.78. The smallest absolute Gasteiger partial charge is 0.276 e. The van der Waals surface area contributed by atoms with E-state index in [4.69, 9.17) is 4.74 Å². The lowest BCUT2D eigenvalue weighted by Gasteiger charge is -2.06. The quantitative estimate of drug-likeness (QED) is 0.385. The van der Waals surface area contributed by atoms with E-state index in [2.05, 4.69) is 45.7 Å². The van der Waals surface area contributed by atoms with Crippen molar-refractivity contribution < 1.29 is 9.53 Å². The number of aromatic nitrogens is 2. The third-order valence-corrected chi connectivity index (χ3v) is 1.41. The summed E-state index contributed by atoms with van der Waals surface area (Å²) in [6, 6.07) is 0. The molecule has 0 unspecified atom stereocenters. The van der Waals surface area contributed by atoms with E-state index < -0.39 is 5.91 Å². The second-order valence-corrected chi connectivity index (χ2v) is 3.47. The van der Waals surface area contributed by atoms with Crippen LogP contribution in [0.4, 0.5) is 0 Å². The van der Waals surface area contributed by atoms with Crippen LogP contribution in [0.3, 0.4) is 0 Å². The van der Waals surface area contributed by atoms with E-state index in [9.17, 15) is 4.79 Å². The van der Waals surface area contributed by atoms with E-state index in [0.29, 0.717) is 0 Å². The predicted molar refractivity (Wildman–Crippen MR) is 60.4 cm³/mol. The van der Waals surface area contributed by atoms with E-state index in [-0.39, 0.29) is 16.8 Å². The Balaban J connectivity index is 2.26. The third-order valence-electron chi connectivity index (χ3n) is 1.20. The third kappa shape index (κ3) is 5.13. The molecule has 0 fully saturated rings. The summed E-state index contributed by atoms with van der Waals surface area (Å²) in [4.78, 5) is 18.7. The van der Waals surface area contributed by atoms with Gasteiger partial charge in [0.2, 0.25) is 5.88 Å². The second-order valence-electron chi connectivity index (χ2n) is 2.31. The van der Waals surface area contributed by atoms with Gasteiger partial charge < -0.3 is 4.74 Å². The molecule has 0 saturated heterocycles. The average Bonchev–Trinajstić information content (AvgIpc) is 2.25. The SMILES string of the molecule is O=C(COc1cnccn1)NNC(=S)S. The number of hydrogen-bond donors (Lipinski definition) is 3. The molecule has 1 heterocycles. The van der Waals surface area contributed by atoms with Crippen molar-refractivity contribution in [1.29, 1.82) is 0 Å². The van der Waals surface area contributed by atoms with Crippen LogP contribution in [0.15, 0.2) is 18.6 Å². The zero-order chi connectivity index (χ0) is 11.1. The van der Waals surface area contributed by atoms with Gasteiger partial charge in [-0.25, -0.2) is 4.98 Å². The maximum Gasteiger partial charge on any atom is 0.276 e. The summed E-state index contributed by atoms with van der Waals surface area (Å²) in [5, 5.41) is 0. The van der Waals surface area contributed by atoms with Crippen molar-refractivity contribution in [2.75, 3.05) is 6.61 Å². The lowest BCUT2D eigenvalue weighted by molar-refractivity contribution is -0.123. The van der Waals surface area contributed by atoms with Gasteiger partial charge in [-0.2, -0.15) is 0 Å². The summed E-state index contributed by atoms with van der Waals surface area (Å²) in [5.41, 5.74) is 4.63. The summed E-state index contributed by atoms with van der Waals surface area (Å²) < 4.78 is 5.18. The molecule has 0 aliphatic heterocycles. The van der Waals surface area contributed by atoms with Crippen LogP contribution in [-0.4, -0.2) is 26.8 Å². The first kappa shape index (κ1) is 11.7. The molecule has 1 aromatic heterocycles. The van der Waals surface area contributed by atoms with Crippen molar-refractivity contribution in [2.45, 2.75) is 0 Å². The maximum absolute atomic E-state index is 11.1. The molecule has 0 atom stereocenters. The summed E-state index contributed by atoms with van der Waals surface area (Å²) in [6.45, 7) is -0.178. The molecular formula is C7H8N4O2S2. The average molecular weight is 244 g/mol. The number of hydrazine groups is 1. The van der Waals surface area contributed by atoms with Crippen LogP contribution in [0.25, 0.3) is 0 Å². The zero-order valence-corrected chi connectivity index (χ0v) is 9.22. The summed E-state index contributed by atoms with van der Waals surface area (Å²) in [7, 11) is 0. The highest BCUT2D eigenvalue weighted by Gasteiger charge is 2.02. The molecule has 0 aromatic carbocycles. The molecule has 1 aromatic rings. The molecule has 0 radical (unpaired) electrons. The number of thiol groups is 1. The van der Waals surface area contributed by atoms with E-state index in [1.165, 1.54) is 18.6 Å². The van der Waals surface area contributed by atoms with Gasteiger partial charge in [-0.05, 0) is 0 Å². The molecule has 6 nitrogen and oxygen atoms in total. The highest BCUT2D eigenvalue weighted by atomic mass is 32.1. The lowest BCUT2D eigenvalue weighted by Crippen LogP contribution is -2.41. The van der Waals surface area contributed by atoms with E-state index in [1.54, 1.807) is 0 Å².